The Morgan fingerprint density at radius 2 is 1.44 bits per heavy atom. The number of nitrogens with one attached hydrogen (secondary N) is 2. The van der Waals surface area contributed by atoms with Crippen LogP contribution in [0.4, 0.5) is 15.3 Å². The van der Waals surface area contributed by atoms with Gasteiger partial charge in [0.1, 0.15) is 17.7 Å². The second kappa shape index (κ2) is 14.0. The number of carbonyl (C=O) groups excluding carboxylic acids is 3. The fourth-order valence-corrected chi connectivity index (χ4v) is 4.66. The molecule has 0 heterocycles. The van der Waals surface area contributed by atoms with Crippen molar-refractivity contribution in [1.29, 1.82) is 0 Å². The van der Waals surface area contributed by atoms with E-state index in [1.807, 2.05) is 73.7 Å². The molecule has 8 nitrogen and oxygen atoms in total. The van der Waals surface area contributed by atoms with E-state index in [0.29, 0.717) is 16.8 Å². The molecule has 0 aromatic heterocycles. The molecule has 0 fully saturated rings. The van der Waals surface area contributed by atoms with Gasteiger partial charge in [-0.2, -0.15) is 0 Å². The molecule has 0 unspecified atom stereocenters. The van der Waals surface area contributed by atoms with Gasteiger partial charge in [0, 0.05) is 24.4 Å². The topological polar surface area (TPSA) is 103 Å². The summed E-state index contributed by atoms with van der Waals surface area (Å²) in [5.41, 5.74) is 2.07. The highest BCUT2D eigenvalue weighted by Gasteiger charge is 2.43. The van der Waals surface area contributed by atoms with Crippen LogP contribution in [0.5, 0.6) is 0 Å². The molecule has 3 aromatic carbocycles. The van der Waals surface area contributed by atoms with E-state index in [9.17, 15) is 14.4 Å². The molecule has 0 spiro atoms. The number of alkyl carbamates (subject to hydrolysis) is 1. The Kier molecular flexibility index (Phi) is 10.8. The molecule has 0 aliphatic rings. The summed E-state index contributed by atoms with van der Waals surface area (Å²) in [5.74, 6) is -0.535. The van der Waals surface area contributed by atoms with Gasteiger partial charge < -0.3 is 19.5 Å². The Morgan fingerprint density at radius 3 is 2.00 bits per heavy atom. The second-order valence-corrected chi connectivity index (χ2v) is 11.1. The quantitative estimate of drug-likeness (QED) is 0.157. The molecule has 2 amide bonds. The van der Waals surface area contributed by atoms with Gasteiger partial charge in [0.2, 0.25) is 0 Å². The maximum Gasteiger partial charge on any atom is 0.412 e. The van der Waals surface area contributed by atoms with Crippen molar-refractivity contribution in [3.8, 4) is 0 Å². The van der Waals surface area contributed by atoms with Gasteiger partial charge in [0.25, 0.3) is 0 Å². The summed E-state index contributed by atoms with van der Waals surface area (Å²) in [6.07, 6.45) is -1.16. The Labute approximate surface area is 246 Å². The van der Waals surface area contributed by atoms with Crippen LogP contribution in [-0.2, 0) is 44.3 Å². The van der Waals surface area contributed by atoms with E-state index in [1.165, 1.54) is 7.11 Å². The predicted molar refractivity (Wildman–Crippen MR) is 159 cm³/mol. The third kappa shape index (κ3) is 9.25. The number of methoxy groups -OCH3 is 1. The Morgan fingerprint density at radius 1 is 0.829 bits per heavy atom. The van der Waals surface area contributed by atoms with Crippen LogP contribution in [0.1, 0.15) is 48.6 Å². The van der Waals surface area contributed by atoms with Crippen molar-refractivity contribution in [3.05, 3.63) is 101 Å². The normalized spacial score (nSPS) is 12.5. The van der Waals surface area contributed by atoms with Crippen LogP contribution in [0.15, 0.2) is 72.8 Å². The third-order valence-electron chi connectivity index (χ3n) is 6.30. The molecule has 3 aromatic rings. The summed E-state index contributed by atoms with van der Waals surface area (Å²) < 4.78 is 16.1. The average Bonchev–Trinajstić information content (AvgIpc) is 2.93. The van der Waals surface area contributed by atoms with E-state index in [4.69, 9.17) is 25.8 Å². The number of esters is 1. The average molecular weight is 581 g/mol. The van der Waals surface area contributed by atoms with Gasteiger partial charge in [0.05, 0.1) is 7.11 Å². The smallest absolute Gasteiger partial charge is 0.412 e. The van der Waals surface area contributed by atoms with E-state index in [-0.39, 0.29) is 25.3 Å². The highest BCUT2D eigenvalue weighted by molar-refractivity contribution is 6.17. The van der Waals surface area contributed by atoms with Crippen LogP contribution in [0.25, 0.3) is 0 Å². The van der Waals surface area contributed by atoms with Crippen molar-refractivity contribution in [2.24, 2.45) is 0 Å². The zero-order valence-corrected chi connectivity index (χ0v) is 24.8. The van der Waals surface area contributed by atoms with Gasteiger partial charge in [-0.3, -0.25) is 5.32 Å². The van der Waals surface area contributed by atoms with Crippen LogP contribution in [0.3, 0.4) is 0 Å². The summed E-state index contributed by atoms with van der Waals surface area (Å²) in [6.45, 7) is 7.20. The van der Waals surface area contributed by atoms with Crippen LogP contribution in [-0.4, -0.2) is 36.4 Å². The standard InChI is InChI=1S/C32H37ClN2O6/c1-22-16-25(26(20-33)17-27(22)34-29(37)41-31(2,3)4)19-32(28(36)39-5,18-23-12-8-6-9-13-23)35-30(38)40-21-24-14-10-7-11-15-24/h6-17H,18-21H2,1-5H3,(H,34,37)(H,35,38)/t32-/m1/s1. The number of ether oxygens (including phenoxy) is 3. The van der Waals surface area contributed by atoms with Crippen molar-refractivity contribution < 1.29 is 28.6 Å². The SMILES string of the molecule is COC(=O)[C@@](Cc1ccccc1)(Cc1cc(C)c(NC(=O)OC(C)(C)C)cc1CCl)NC(=O)OCc1ccccc1. The van der Waals surface area contributed by atoms with Crippen LogP contribution >= 0.6 is 11.6 Å². The molecule has 3 rings (SSSR count). The van der Waals surface area contributed by atoms with Gasteiger partial charge in [-0.05, 0) is 61.6 Å². The number of aryl methyl sites for hydroxylation is 1. The number of halogens is 1. The van der Waals surface area contributed by atoms with Gasteiger partial charge in [0.15, 0.2) is 0 Å². The second-order valence-electron chi connectivity index (χ2n) is 10.8. The summed E-state index contributed by atoms with van der Waals surface area (Å²) in [7, 11) is 1.28. The van der Waals surface area contributed by atoms with E-state index < -0.39 is 29.3 Å². The number of hydrogen-bond donors (Lipinski definition) is 2. The third-order valence-corrected chi connectivity index (χ3v) is 6.59. The number of amides is 2. The maximum absolute atomic E-state index is 13.5. The lowest BCUT2D eigenvalue weighted by Gasteiger charge is -2.33. The molecule has 9 heteroatoms. The first-order chi connectivity index (χ1) is 19.4. The molecule has 0 bridgehead atoms. The maximum atomic E-state index is 13.5. The van der Waals surface area contributed by atoms with Gasteiger partial charge in [-0.15, -0.1) is 11.6 Å². The lowest BCUT2D eigenvalue weighted by molar-refractivity contribution is -0.148. The zero-order chi connectivity index (χ0) is 30.0. The highest BCUT2D eigenvalue weighted by atomic mass is 35.5. The largest absolute Gasteiger partial charge is 0.467 e. The molecule has 218 valence electrons. The minimum atomic E-state index is -1.52. The van der Waals surface area contributed by atoms with E-state index in [1.54, 1.807) is 26.8 Å². The molecule has 0 aliphatic carbocycles. The summed E-state index contributed by atoms with van der Waals surface area (Å²) in [5, 5.41) is 5.59. The lowest BCUT2D eigenvalue weighted by Crippen LogP contribution is -2.58. The first kappa shape index (κ1) is 31.5. The number of carbonyl (C=O) groups is 3. The number of anilines is 1. The van der Waals surface area contributed by atoms with E-state index >= 15 is 0 Å². The first-order valence-electron chi connectivity index (χ1n) is 13.2. The molecule has 2 N–H and O–H groups in total. The highest BCUT2D eigenvalue weighted by Crippen LogP contribution is 2.29. The molecule has 41 heavy (non-hydrogen) atoms. The predicted octanol–water partition coefficient (Wildman–Crippen LogP) is 6.70. The van der Waals surface area contributed by atoms with Crippen LogP contribution in [0.2, 0.25) is 0 Å². The van der Waals surface area contributed by atoms with Crippen LogP contribution < -0.4 is 10.6 Å². The van der Waals surface area contributed by atoms with Gasteiger partial charge >= 0.3 is 18.2 Å². The first-order valence-corrected chi connectivity index (χ1v) is 13.8. The molecule has 0 radical (unpaired) electrons. The number of hydrogen-bond acceptors (Lipinski definition) is 6. The summed E-state index contributed by atoms with van der Waals surface area (Å²) in [6, 6.07) is 22.2. The van der Waals surface area contributed by atoms with Crippen molar-refractivity contribution in [1.82, 2.24) is 5.32 Å². The minimum Gasteiger partial charge on any atom is -0.467 e. The molecule has 1 atom stereocenters. The fraction of sp³-hybridized carbons (Fsp3) is 0.344. The molecule has 0 saturated heterocycles. The van der Waals surface area contributed by atoms with Crippen molar-refractivity contribution >= 4 is 35.4 Å². The number of rotatable bonds is 10. The lowest BCUT2D eigenvalue weighted by atomic mass is 9.82. The summed E-state index contributed by atoms with van der Waals surface area (Å²) >= 11 is 6.35. The Hall–Kier alpha value is -4.04. The van der Waals surface area contributed by atoms with Gasteiger partial charge in [-0.25, -0.2) is 14.4 Å². The van der Waals surface area contributed by atoms with Crippen molar-refractivity contribution in [2.45, 2.75) is 64.2 Å². The number of alkyl halides is 1. The van der Waals surface area contributed by atoms with E-state index in [2.05, 4.69) is 10.6 Å². The van der Waals surface area contributed by atoms with Crippen LogP contribution in [0, 0.1) is 6.92 Å². The molecular formula is C32H37ClN2O6. The van der Waals surface area contributed by atoms with Crippen molar-refractivity contribution in [3.63, 3.8) is 0 Å². The minimum absolute atomic E-state index is 0.0341. The summed E-state index contributed by atoms with van der Waals surface area (Å²) in [4.78, 5) is 39.0. The number of benzene rings is 3. The van der Waals surface area contributed by atoms with Gasteiger partial charge in [-0.1, -0.05) is 66.7 Å². The van der Waals surface area contributed by atoms with Crippen molar-refractivity contribution in [2.75, 3.05) is 12.4 Å². The molecule has 0 saturated carbocycles. The monoisotopic (exact) mass is 580 g/mol. The molecular weight excluding hydrogens is 544 g/mol. The Bertz CT molecular complexity index is 1340. The zero-order valence-electron chi connectivity index (χ0n) is 24.1. The molecule has 0 aliphatic heterocycles. The Balaban J connectivity index is 1.97. The van der Waals surface area contributed by atoms with E-state index in [0.717, 1.165) is 16.7 Å². The fourth-order valence-electron chi connectivity index (χ4n) is 4.42.